The third-order valence-electron chi connectivity index (χ3n) is 3.67. The summed E-state index contributed by atoms with van der Waals surface area (Å²) in [6, 6.07) is 18.5. The molecular weight excluding hydrogens is 346 g/mol. The first-order valence-corrected chi connectivity index (χ1v) is 8.72. The molecule has 21 heavy (non-hydrogen) atoms. The summed E-state index contributed by atoms with van der Waals surface area (Å²) in [7, 11) is 1.91. The van der Waals surface area contributed by atoms with E-state index in [0.717, 1.165) is 22.2 Å². The molecule has 0 radical (unpaired) electrons. The van der Waals surface area contributed by atoms with Gasteiger partial charge in [-0.3, -0.25) is 0 Å². The van der Waals surface area contributed by atoms with E-state index in [0.29, 0.717) is 0 Å². The Morgan fingerprint density at radius 1 is 1.14 bits per heavy atom. The summed E-state index contributed by atoms with van der Waals surface area (Å²) in [5, 5.41) is 13.2. The first-order valence-electron chi connectivity index (χ1n) is 6.94. The Kier molecular flexibility index (Phi) is 6.30. The Labute approximate surface area is 139 Å². The maximum atomic E-state index is 9.89. The zero-order valence-electron chi connectivity index (χ0n) is 12.1. The summed E-state index contributed by atoms with van der Waals surface area (Å²) in [6.07, 6.45) is 0.862. The van der Waals surface area contributed by atoms with E-state index < -0.39 is 0 Å². The van der Waals surface area contributed by atoms with Gasteiger partial charge < -0.3 is 10.4 Å². The van der Waals surface area contributed by atoms with Gasteiger partial charge in [-0.15, -0.1) is 11.8 Å². The summed E-state index contributed by atoms with van der Waals surface area (Å²) in [4.78, 5) is 1.24. The molecule has 0 saturated heterocycles. The molecule has 0 aromatic heterocycles. The summed E-state index contributed by atoms with van der Waals surface area (Å²) >= 11 is 5.30. The number of hydrogen-bond donors (Lipinski definition) is 2. The van der Waals surface area contributed by atoms with Crippen LogP contribution in [0.15, 0.2) is 64.0 Å². The van der Waals surface area contributed by atoms with Crippen molar-refractivity contribution in [1.29, 1.82) is 0 Å². The molecule has 1 atom stereocenters. The fourth-order valence-corrected chi connectivity index (χ4v) is 3.94. The van der Waals surface area contributed by atoms with Crippen LogP contribution in [0, 0.1) is 0 Å². The first kappa shape index (κ1) is 16.6. The average molecular weight is 366 g/mol. The van der Waals surface area contributed by atoms with Crippen LogP contribution in [0.25, 0.3) is 0 Å². The van der Waals surface area contributed by atoms with Crippen LogP contribution in [0.3, 0.4) is 0 Å². The number of rotatable bonds is 7. The molecule has 2 aromatic rings. The second-order valence-corrected chi connectivity index (χ2v) is 7.00. The highest BCUT2D eigenvalue weighted by atomic mass is 79.9. The van der Waals surface area contributed by atoms with E-state index in [-0.39, 0.29) is 12.1 Å². The predicted molar refractivity (Wildman–Crippen MR) is 93.7 cm³/mol. The SMILES string of the molecule is CNC(CO)(CCSc1cccc(Br)c1)c1ccccc1. The highest BCUT2D eigenvalue weighted by molar-refractivity contribution is 9.10. The van der Waals surface area contributed by atoms with Crippen molar-refractivity contribution in [2.75, 3.05) is 19.4 Å². The molecular formula is C17H20BrNOS. The van der Waals surface area contributed by atoms with Crippen LogP contribution in [-0.2, 0) is 5.54 Å². The quantitative estimate of drug-likeness (QED) is 0.726. The monoisotopic (exact) mass is 365 g/mol. The van der Waals surface area contributed by atoms with E-state index in [1.807, 2.05) is 37.4 Å². The lowest BCUT2D eigenvalue weighted by atomic mass is 9.88. The minimum atomic E-state index is -0.375. The van der Waals surface area contributed by atoms with Gasteiger partial charge in [0.25, 0.3) is 0 Å². The Bertz CT molecular complexity index is 558. The Hall–Kier alpha value is -0.810. The second-order valence-electron chi connectivity index (χ2n) is 4.91. The van der Waals surface area contributed by atoms with Crippen LogP contribution in [0.5, 0.6) is 0 Å². The number of nitrogens with one attached hydrogen (secondary N) is 1. The maximum absolute atomic E-state index is 9.89. The summed E-state index contributed by atoms with van der Waals surface area (Å²) in [6.45, 7) is 0.0898. The number of aliphatic hydroxyl groups is 1. The van der Waals surface area contributed by atoms with Gasteiger partial charge in [-0.2, -0.15) is 0 Å². The van der Waals surface area contributed by atoms with Gasteiger partial charge >= 0.3 is 0 Å². The lowest BCUT2D eigenvalue weighted by Crippen LogP contribution is -2.44. The number of hydrogen-bond acceptors (Lipinski definition) is 3. The van der Waals surface area contributed by atoms with Crippen molar-refractivity contribution in [1.82, 2.24) is 5.32 Å². The normalized spacial score (nSPS) is 13.9. The largest absolute Gasteiger partial charge is 0.394 e. The number of likely N-dealkylation sites (N-methyl/N-ethyl adjacent to an activating group) is 1. The van der Waals surface area contributed by atoms with Gasteiger partial charge in [0.2, 0.25) is 0 Å². The van der Waals surface area contributed by atoms with Gasteiger partial charge in [0, 0.05) is 15.1 Å². The molecule has 0 aliphatic rings. The van der Waals surface area contributed by atoms with E-state index in [2.05, 4.69) is 45.5 Å². The highest BCUT2D eigenvalue weighted by Crippen LogP contribution is 2.29. The molecule has 2 aromatic carbocycles. The molecule has 0 amide bonds. The lowest BCUT2D eigenvalue weighted by molar-refractivity contribution is 0.165. The van der Waals surface area contributed by atoms with Crippen LogP contribution in [0.2, 0.25) is 0 Å². The fourth-order valence-electron chi connectivity index (χ4n) is 2.32. The predicted octanol–water partition coefficient (Wildman–Crippen LogP) is 4.04. The van der Waals surface area contributed by atoms with Crippen molar-refractivity contribution in [2.24, 2.45) is 0 Å². The third-order valence-corrected chi connectivity index (χ3v) is 5.16. The Morgan fingerprint density at radius 2 is 1.90 bits per heavy atom. The average Bonchev–Trinajstić information content (AvgIpc) is 2.53. The van der Waals surface area contributed by atoms with Crippen molar-refractivity contribution < 1.29 is 5.11 Å². The van der Waals surface area contributed by atoms with Crippen LogP contribution < -0.4 is 5.32 Å². The van der Waals surface area contributed by atoms with E-state index >= 15 is 0 Å². The number of aliphatic hydroxyl groups excluding tert-OH is 1. The maximum Gasteiger partial charge on any atom is 0.0674 e. The van der Waals surface area contributed by atoms with Gasteiger partial charge in [0.05, 0.1) is 12.1 Å². The van der Waals surface area contributed by atoms with E-state index in [1.54, 1.807) is 11.8 Å². The van der Waals surface area contributed by atoms with E-state index in [9.17, 15) is 5.11 Å². The number of benzene rings is 2. The standard InChI is InChI=1S/C17H20BrNOS/c1-19-17(13-20,14-6-3-2-4-7-14)10-11-21-16-9-5-8-15(18)12-16/h2-9,12,19-20H,10-11,13H2,1H3. The highest BCUT2D eigenvalue weighted by Gasteiger charge is 2.28. The number of halogens is 1. The van der Waals surface area contributed by atoms with Crippen molar-refractivity contribution in [3.8, 4) is 0 Å². The molecule has 2 N–H and O–H groups in total. The Morgan fingerprint density at radius 3 is 2.52 bits per heavy atom. The molecule has 4 heteroatoms. The van der Waals surface area contributed by atoms with E-state index in [1.165, 1.54) is 4.90 Å². The van der Waals surface area contributed by atoms with Gasteiger partial charge in [-0.1, -0.05) is 52.3 Å². The molecule has 0 aliphatic heterocycles. The molecule has 2 nitrogen and oxygen atoms in total. The summed E-state index contributed by atoms with van der Waals surface area (Å²) in [5.41, 5.74) is 0.755. The molecule has 0 bridgehead atoms. The second kappa shape index (κ2) is 7.99. The molecule has 0 heterocycles. The summed E-state index contributed by atoms with van der Waals surface area (Å²) < 4.78 is 1.09. The third kappa shape index (κ3) is 4.33. The van der Waals surface area contributed by atoms with Gasteiger partial charge in [-0.05, 0) is 37.2 Å². The number of thioether (sulfide) groups is 1. The summed E-state index contributed by atoms with van der Waals surface area (Å²) in [5.74, 6) is 0.937. The molecule has 0 aliphatic carbocycles. The van der Waals surface area contributed by atoms with Crippen LogP contribution in [-0.4, -0.2) is 24.5 Å². The van der Waals surface area contributed by atoms with Crippen molar-refractivity contribution in [2.45, 2.75) is 16.9 Å². The fraction of sp³-hybridized carbons (Fsp3) is 0.294. The molecule has 2 rings (SSSR count). The topological polar surface area (TPSA) is 32.3 Å². The zero-order chi connectivity index (χ0) is 15.1. The van der Waals surface area contributed by atoms with Gasteiger partial charge in [0.1, 0.15) is 0 Å². The molecule has 1 unspecified atom stereocenters. The van der Waals surface area contributed by atoms with Crippen LogP contribution >= 0.6 is 27.7 Å². The van der Waals surface area contributed by atoms with Crippen molar-refractivity contribution in [3.63, 3.8) is 0 Å². The smallest absolute Gasteiger partial charge is 0.0674 e. The lowest BCUT2D eigenvalue weighted by Gasteiger charge is -2.32. The minimum absolute atomic E-state index is 0.0898. The zero-order valence-corrected chi connectivity index (χ0v) is 14.5. The van der Waals surface area contributed by atoms with Crippen molar-refractivity contribution in [3.05, 3.63) is 64.6 Å². The minimum Gasteiger partial charge on any atom is -0.394 e. The molecule has 0 saturated carbocycles. The molecule has 0 fully saturated rings. The van der Waals surface area contributed by atoms with Gasteiger partial charge in [-0.25, -0.2) is 0 Å². The van der Waals surface area contributed by atoms with E-state index in [4.69, 9.17) is 0 Å². The van der Waals surface area contributed by atoms with Crippen LogP contribution in [0.1, 0.15) is 12.0 Å². The molecule has 0 spiro atoms. The van der Waals surface area contributed by atoms with Gasteiger partial charge in [0.15, 0.2) is 0 Å². The van der Waals surface area contributed by atoms with Crippen molar-refractivity contribution >= 4 is 27.7 Å². The first-order chi connectivity index (χ1) is 10.2. The molecule has 112 valence electrons. The van der Waals surface area contributed by atoms with Crippen LogP contribution in [0.4, 0.5) is 0 Å². The Balaban J connectivity index is 2.04.